The molecule has 4 rings (SSSR count). The molecule has 0 heterocycles. The molecular weight excluding hydrogens is 292 g/mol. The topological polar surface area (TPSA) is 0 Å². The van der Waals surface area contributed by atoms with Crippen LogP contribution in [0.25, 0.3) is 0 Å². The first-order chi connectivity index (χ1) is 11.0. The van der Waals surface area contributed by atoms with Crippen LogP contribution < -0.4 is 0 Å². The van der Waals surface area contributed by atoms with E-state index in [4.69, 9.17) is 0 Å². The fourth-order valence-corrected chi connectivity index (χ4v) is 15.6. The molecule has 4 saturated carbocycles. The average molecular weight is 333 g/mol. The lowest BCUT2D eigenvalue weighted by molar-refractivity contribution is 0.262. The van der Waals surface area contributed by atoms with Crippen molar-refractivity contribution in [2.75, 3.05) is 0 Å². The molecule has 4 aliphatic carbocycles. The van der Waals surface area contributed by atoms with Crippen molar-refractivity contribution < 1.29 is 0 Å². The van der Waals surface area contributed by atoms with Gasteiger partial charge >= 0.3 is 0 Å². The summed E-state index contributed by atoms with van der Waals surface area (Å²) in [6.45, 7) is 11.0. The SMILES string of the molecule is C[C@@H]1CC2CCCCC2C1[Si](C)(C)C1C2CCCCC2C[C@H]1C. The third-order valence-electron chi connectivity index (χ3n) is 9.15. The average Bonchev–Trinajstić information content (AvgIpc) is 3.02. The second-order valence-electron chi connectivity index (χ2n) is 10.7. The first-order valence-corrected chi connectivity index (χ1v) is 14.2. The van der Waals surface area contributed by atoms with E-state index >= 15 is 0 Å². The summed E-state index contributed by atoms with van der Waals surface area (Å²) in [5.74, 6) is 6.59. The zero-order valence-electron chi connectivity index (χ0n) is 16.2. The van der Waals surface area contributed by atoms with Crippen LogP contribution in [0.5, 0.6) is 0 Å². The van der Waals surface area contributed by atoms with Gasteiger partial charge in [0.25, 0.3) is 0 Å². The molecule has 1 heteroatoms. The molecule has 0 aromatic heterocycles. The zero-order chi connectivity index (χ0) is 16.2. The maximum Gasteiger partial charge on any atom is 0.0546 e. The first-order valence-electron chi connectivity index (χ1n) is 11.0. The molecule has 132 valence electrons. The van der Waals surface area contributed by atoms with Crippen molar-refractivity contribution in [3.63, 3.8) is 0 Å². The summed E-state index contributed by atoms with van der Waals surface area (Å²) in [5, 5.41) is 0. The quantitative estimate of drug-likeness (QED) is 0.472. The third-order valence-corrected chi connectivity index (χ3v) is 14.6. The minimum atomic E-state index is -1.18. The molecular formula is C22H40Si. The van der Waals surface area contributed by atoms with Gasteiger partial charge in [-0.05, 0) is 59.4 Å². The van der Waals surface area contributed by atoms with Gasteiger partial charge in [0.05, 0.1) is 8.07 Å². The summed E-state index contributed by atoms with van der Waals surface area (Å²) >= 11 is 0. The number of hydrogen-bond donors (Lipinski definition) is 0. The van der Waals surface area contributed by atoms with Gasteiger partial charge in [-0.25, -0.2) is 0 Å². The Morgan fingerprint density at radius 1 is 0.609 bits per heavy atom. The molecule has 6 unspecified atom stereocenters. The van der Waals surface area contributed by atoms with Crippen molar-refractivity contribution in [3.8, 4) is 0 Å². The van der Waals surface area contributed by atoms with Gasteiger partial charge in [0.15, 0.2) is 0 Å². The summed E-state index contributed by atoms with van der Waals surface area (Å²) in [5.41, 5.74) is 2.31. The number of fused-ring (bicyclic) bond motifs is 2. The monoisotopic (exact) mass is 332 g/mol. The number of rotatable bonds is 2. The molecule has 0 spiro atoms. The van der Waals surface area contributed by atoms with Crippen LogP contribution in [0.1, 0.15) is 78.1 Å². The predicted molar refractivity (Wildman–Crippen MR) is 103 cm³/mol. The van der Waals surface area contributed by atoms with E-state index < -0.39 is 8.07 Å². The van der Waals surface area contributed by atoms with Gasteiger partial charge in [0, 0.05) is 0 Å². The van der Waals surface area contributed by atoms with E-state index in [-0.39, 0.29) is 0 Å². The minimum absolute atomic E-state index is 1.04. The summed E-state index contributed by atoms with van der Waals surface area (Å²) < 4.78 is 0. The van der Waals surface area contributed by atoms with E-state index in [0.29, 0.717) is 0 Å². The Hall–Kier alpha value is 0.217. The Morgan fingerprint density at radius 2 is 1.00 bits per heavy atom. The predicted octanol–water partition coefficient (Wildman–Crippen LogP) is 7.13. The molecule has 0 N–H and O–H groups in total. The third kappa shape index (κ3) is 2.68. The van der Waals surface area contributed by atoms with E-state index in [1.165, 1.54) is 12.8 Å². The van der Waals surface area contributed by atoms with Crippen LogP contribution >= 0.6 is 0 Å². The molecule has 4 fully saturated rings. The van der Waals surface area contributed by atoms with Crippen LogP contribution in [0.3, 0.4) is 0 Å². The highest BCUT2D eigenvalue weighted by Crippen LogP contribution is 2.64. The van der Waals surface area contributed by atoms with E-state index in [1.807, 2.05) is 0 Å². The highest BCUT2D eigenvalue weighted by Gasteiger charge is 2.57. The molecule has 0 radical (unpaired) electrons. The largest absolute Gasteiger partial charge is 0.0689 e. The molecule has 0 bridgehead atoms. The van der Waals surface area contributed by atoms with Crippen LogP contribution in [-0.4, -0.2) is 8.07 Å². The molecule has 0 aromatic rings. The lowest BCUT2D eigenvalue weighted by Gasteiger charge is -2.47. The summed E-state index contributed by atoms with van der Waals surface area (Å²) in [4.78, 5) is 0. The molecule has 4 aliphatic rings. The smallest absolute Gasteiger partial charge is 0.0546 e. The summed E-state index contributed by atoms with van der Waals surface area (Å²) in [6.07, 6.45) is 15.6. The van der Waals surface area contributed by atoms with Gasteiger partial charge in [-0.2, -0.15) is 0 Å². The van der Waals surface area contributed by atoms with Crippen LogP contribution in [0.15, 0.2) is 0 Å². The minimum Gasteiger partial charge on any atom is -0.0689 e. The van der Waals surface area contributed by atoms with Gasteiger partial charge < -0.3 is 0 Å². The lowest BCUT2D eigenvalue weighted by Crippen LogP contribution is -2.46. The van der Waals surface area contributed by atoms with Crippen LogP contribution in [0, 0.1) is 35.5 Å². The fraction of sp³-hybridized carbons (Fsp3) is 1.00. The van der Waals surface area contributed by atoms with Crippen molar-refractivity contribution in [1.82, 2.24) is 0 Å². The van der Waals surface area contributed by atoms with Crippen molar-refractivity contribution in [2.24, 2.45) is 35.5 Å². The molecule has 0 aromatic carbocycles. The second-order valence-corrected chi connectivity index (χ2v) is 15.7. The van der Waals surface area contributed by atoms with Gasteiger partial charge in [-0.3, -0.25) is 0 Å². The van der Waals surface area contributed by atoms with Crippen LogP contribution in [-0.2, 0) is 0 Å². The van der Waals surface area contributed by atoms with Crippen molar-refractivity contribution in [3.05, 3.63) is 0 Å². The standard InChI is InChI=1S/C22H40Si/c1-15-13-17-9-5-7-11-19(17)21(15)23(3,4)22-16(2)14-18-10-6-8-12-20(18)22/h15-22H,5-14H2,1-4H3/t15-,16-,17?,18?,19?,20?,21?,22?/m1/s1. The van der Waals surface area contributed by atoms with Crippen LogP contribution in [0.4, 0.5) is 0 Å². The van der Waals surface area contributed by atoms with E-state index in [9.17, 15) is 0 Å². The normalized spacial score (nSPS) is 50.6. The van der Waals surface area contributed by atoms with Crippen molar-refractivity contribution in [1.29, 1.82) is 0 Å². The van der Waals surface area contributed by atoms with Gasteiger partial charge in [0.1, 0.15) is 0 Å². The Balaban J connectivity index is 1.61. The fourth-order valence-electron chi connectivity index (χ4n) is 8.89. The van der Waals surface area contributed by atoms with Gasteiger partial charge in [-0.1, -0.05) is 78.3 Å². The van der Waals surface area contributed by atoms with Crippen molar-refractivity contribution >= 4 is 8.07 Å². The first kappa shape index (κ1) is 16.7. The molecule has 0 nitrogen and oxygen atoms in total. The highest BCUT2D eigenvalue weighted by atomic mass is 28.3. The zero-order valence-corrected chi connectivity index (χ0v) is 17.2. The maximum atomic E-state index is 2.85. The molecule has 8 atom stereocenters. The molecule has 0 saturated heterocycles. The summed E-state index contributed by atoms with van der Waals surface area (Å²) in [6, 6.07) is 0. The Morgan fingerprint density at radius 3 is 1.43 bits per heavy atom. The lowest BCUT2D eigenvalue weighted by atomic mass is 9.81. The molecule has 0 amide bonds. The maximum absolute atomic E-state index is 2.85. The van der Waals surface area contributed by atoms with Gasteiger partial charge in [-0.15, -0.1) is 0 Å². The van der Waals surface area contributed by atoms with Crippen molar-refractivity contribution in [2.45, 2.75) is 102 Å². The van der Waals surface area contributed by atoms with Gasteiger partial charge in [0.2, 0.25) is 0 Å². The Labute approximate surface area is 146 Å². The molecule has 0 aliphatic heterocycles. The van der Waals surface area contributed by atoms with E-state index in [0.717, 1.165) is 46.6 Å². The summed E-state index contributed by atoms with van der Waals surface area (Å²) in [7, 11) is -1.18. The number of hydrogen-bond acceptors (Lipinski definition) is 0. The van der Waals surface area contributed by atoms with Crippen LogP contribution in [0.2, 0.25) is 24.2 Å². The Bertz CT molecular complexity index is 390. The van der Waals surface area contributed by atoms with E-state index in [2.05, 4.69) is 26.9 Å². The Kier molecular flexibility index (Phi) is 4.48. The highest BCUT2D eigenvalue weighted by molar-refractivity contribution is 6.80. The second kappa shape index (κ2) is 6.18. The van der Waals surface area contributed by atoms with E-state index in [1.54, 1.807) is 51.4 Å². The molecule has 23 heavy (non-hydrogen) atoms.